The van der Waals surface area contributed by atoms with E-state index in [0.29, 0.717) is 29.4 Å². The zero-order chi connectivity index (χ0) is 21.7. The van der Waals surface area contributed by atoms with Gasteiger partial charge in [-0.3, -0.25) is 10.1 Å². The van der Waals surface area contributed by atoms with Gasteiger partial charge in [0.15, 0.2) is 6.10 Å². The van der Waals surface area contributed by atoms with Crippen LogP contribution in [0.5, 0.6) is 5.75 Å². The fourth-order valence-corrected chi connectivity index (χ4v) is 2.50. The van der Waals surface area contributed by atoms with Gasteiger partial charge < -0.3 is 13.9 Å². The fourth-order valence-electron chi connectivity index (χ4n) is 2.50. The zero-order valence-corrected chi connectivity index (χ0v) is 16.8. The molecule has 0 saturated heterocycles. The first kappa shape index (κ1) is 21.0. The molecule has 3 rings (SSSR count). The third-order valence-corrected chi connectivity index (χ3v) is 4.05. The van der Waals surface area contributed by atoms with Crippen LogP contribution in [0.3, 0.4) is 0 Å². The number of carbonyl (C=O) groups excluding carboxylic acids is 1. The molecule has 0 bridgehead atoms. The lowest BCUT2D eigenvalue weighted by molar-refractivity contribution is -0.384. The van der Waals surface area contributed by atoms with Crippen LogP contribution in [0.2, 0.25) is 0 Å². The third-order valence-electron chi connectivity index (χ3n) is 4.05. The Bertz CT molecular complexity index is 1030. The van der Waals surface area contributed by atoms with E-state index in [4.69, 9.17) is 13.9 Å². The molecule has 3 aromatic rings. The Morgan fingerprint density at radius 3 is 2.53 bits per heavy atom. The Kier molecular flexibility index (Phi) is 6.41. The van der Waals surface area contributed by atoms with Crippen LogP contribution in [0.1, 0.15) is 43.1 Å². The van der Waals surface area contributed by atoms with Crippen molar-refractivity contribution in [3.8, 4) is 17.2 Å². The lowest BCUT2D eigenvalue weighted by Gasteiger charge is -2.11. The molecule has 0 fully saturated rings. The summed E-state index contributed by atoms with van der Waals surface area (Å²) in [6.07, 6.45) is -0.781. The zero-order valence-electron chi connectivity index (χ0n) is 16.8. The van der Waals surface area contributed by atoms with Gasteiger partial charge in [-0.1, -0.05) is 19.9 Å². The lowest BCUT2D eigenvalue weighted by Crippen LogP contribution is -2.10. The minimum atomic E-state index is -0.781. The average Bonchev–Trinajstić information content (AvgIpc) is 3.23. The van der Waals surface area contributed by atoms with Crippen molar-refractivity contribution in [3.63, 3.8) is 0 Å². The van der Waals surface area contributed by atoms with Gasteiger partial charge in [0.05, 0.1) is 17.1 Å². The molecule has 30 heavy (non-hydrogen) atoms. The number of non-ortho nitro benzene ring substituents is 1. The van der Waals surface area contributed by atoms with Gasteiger partial charge in [-0.2, -0.15) is 0 Å². The maximum absolute atomic E-state index is 12.5. The number of rotatable bonds is 8. The van der Waals surface area contributed by atoms with E-state index in [-0.39, 0.29) is 17.5 Å². The van der Waals surface area contributed by atoms with Crippen molar-refractivity contribution in [3.05, 3.63) is 70.1 Å². The predicted molar refractivity (Wildman–Crippen MR) is 107 cm³/mol. The number of esters is 1. The highest BCUT2D eigenvalue weighted by Gasteiger charge is 2.20. The van der Waals surface area contributed by atoms with Crippen molar-refractivity contribution in [2.45, 2.75) is 26.9 Å². The van der Waals surface area contributed by atoms with Gasteiger partial charge in [0.25, 0.3) is 11.6 Å². The second kappa shape index (κ2) is 9.17. The average molecular weight is 411 g/mol. The van der Waals surface area contributed by atoms with Gasteiger partial charge in [0, 0.05) is 17.7 Å². The molecule has 0 unspecified atom stereocenters. The maximum atomic E-state index is 12.5. The SMILES string of the molecule is CC(C)COc1cccc(C(=O)O[C@H](C)c2nnc(-c3ccc([N+](=O)[O-])cc3)o2)c1. The van der Waals surface area contributed by atoms with Crippen LogP contribution in [0, 0.1) is 16.0 Å². The molecule has 0 aliphatic rings. The van der Waals surface area contributed by atoms with E-state index in [1.165, 1.54) is 24.3 Å². The molecule has 1 aromatic heterocycles. The topological polar surface area (TPSA) is 118 Å². The molecule has 0 N–H and O–H groups in total. The molecule has 2 aromatic carbocycles. The summed E-state index contributed by atoms with van der Waals surface area (Å²) in [7, 11) is 0. The van der Waals surface area contributed by atoms with Crippen LogP contribution >= 0.6 is 0 Å². The maximum Gasteiger partial charge on any atom is 0.339 e. The largest absolute Gasteiger partial charge is 0.493 e. The summed E-state index contributed by atoms with van der Waals surface area (Å²) in [4.78, 5) is 22.7. The summed E-state index contributed by atoms with van der Waals surface area (Å²) < 4.78 is 16.6. The van der Waals surface area contributed by atoms with Gasteiger partial charge in [-0.15, -0.1) is 10.2 Å². The predicted octanol–water partition coefficient (Wildman–Crippen LogP) is 4.60. The summed E-state index contributed by atoms with van der Waals surface area (Å²) in [5.74, 6) is 0.690. The Hall–Kier alpha value is -3.75. The summed E-state index contributed by atoms with van der Waals surface area (Å²) in [5, 5.41) is 18.6. The minimum Gasteiger partial charge on any atom is -0.493 e. The first-order valence-electron chi connectivity index (χ1n) is 9.35. The molecule has 1 heterocycles. The number of benzene rings is 2. The van der Waals surface area contributed by atoms with E-state index < -0.39 is 17.0 Å². The Morgan fingerprint density at radius 1 is 1.13 bits per heavy atom. The molecule has 0 aliphatic heterocycles. The first-order valence-corrected chi connectivity index (χ1v) is 9.35. The van der Waals surface area contributed by atoms with E-state index in [1.807, 2.05) is 13.8 Å². The van der Waals surface area contributed by atoms with Gasteiger partial charge in [0.2, 0.25) is 5.89 Å². The highest BCUT2D eigenvalue weighted by Crippen LogP contribution is 2.25. The number of hydrogen-bond acceptors (Lipinski definition) is 8. The number of nitro benzene ring substituents is 1. The Morgan fingerprint density at radius 2 is 1.87 bits per heavy atom. The molecule has 0 saturated carbocycles. The van der Waals surface area contributed by atoms with Gasteiger partial charge in [-0.05, 0) is 43.2 Å². The van der Waals surface area contributed by atoms with Crippen LogP contribution < -0.4 is 4.74 Å². The van der Waals surface area contributed by atoms with E-state index in [2.05, 4.69) is 10.2 Å². The second-order valence-electron chi connectivity index (χ2n) is 7.03. The molecule has 9 heteroatoms. The van der Waals surface area contributed by atoms with Crippen LogP contribution in [-0.2, 0) is 4.74 Å². The molecular formula is C21H21N3O6. The summed E-state index contributed by atoms with van der Waals surface area (Å²) >= 11 is 0. The third kappa shape index (κ3) is 5.19. The normalized spacial score (nSPS) is 11.9. The monoisotopic (exact) mass is 411 g/mol. The number of nitro groups is 1. The van der Waals surface area contributed by atoms with Crippen molar-refractivity contribution in [2.75, 3.05) is 6.61 Å². The molecule has 0 spiro atoms. The summed E-state index contributed by atoms with van der Waals surface area (Å²) in [5.41, 5.74) is 0.825. The number of nitrogens with zero attached hydrogens (tertiary/aromatic N) is 3. The summed E-state index contributed by atoms with van der Waals surface area (Å²) in [6, 6.07) is 12.5. The van der Waals surface area contributed by atoms with Crippen LogP contribution in [0.4, 0.5) is 5.69 Å². The number of carbonyl (C=O) groups is 1. The van der Waals surface area contributed by atoms with Gasteiger partial charge >= 0.3 is 5.97 Å². The molecular weight excluding hydrogens is 390 g/mol. The molecule has 0 aliphatic carbocycles. The van der Waals surface area contributed by atoms with Crippen LogP contribution in [0.25, 0.3) is 11.5 Å². The smallest absolute Gasteiger partial charge is 0.339 e. The molecule has 0 radical (unpaired) electrons. The van der Waals surface area contributed by atoms with Crippen molar-refractivity contribution < 1.29 is 23.6 Å². The standard InChI is InChI=1S/C21H21N3O6/c1-13(2)12-28-18-6-4-5-16(11-18)21(25)29-14(3)19-22-23-20(30-19)15-7-9-17(10-8-15)24(26)27/h4-11,13-14H,12H2,1-3H3/t14-/m1/s1. The van der Waals surface area contributed by atoms with Crippen LogP contribution in [-0.4, -0.2) is 27.7 Å². The minimum absolute atomic E-state index is 0.0413. The number of ether oxygens (including phenoxy) is 2. The number of aromatic nitrogens is 2. The number of hydrogen-bond donors (Lipinski definition) is 0. The van der Waals surface area contributed by atoms with E-state index in [1.54, 1.807) is 31.2 Å². The first-order chi connectivity index (χ1) is 14.3. The van der Waals surface area contributed by atoms with Crippen LogP contribution in [0.15, 0.2) is 52.9 Å². The van der Waals surface area contributed by atoms with Gasteiger partial charge in [-0.25, -0.2) is 4.79 Å². The fraction of sp³-hybridized carbons (Fsp3) is 0.286. The molecule has 156 valence electrons. The van der Waals surface area contributed by atoms with Crippen molar-refractivity contribution in [1.82, 2.24) is 10.2 Å². The highest BCUT2D eigenvalue weighted by atomic mass is 16.6. The van der Waals surface area contributed by atoms with Crippen molar-refractivity contribution >= 4 is 11.7 Å². The van der Waals surface area contributed by atoms with E-state index >= 15 is 0 Å². The molecule has 9 nitrogen and oxygen atoms in total. The van der Waals surface area contributed by atoms with E-state index in [9.17, 15) is 14.9 Å². The summed E-state index contributed by atoms with van der Waals surface area (Å²) in [6.45, 7) is 6.23. The van der Waals surface area contributed by atoms with E-state index in [0.717, 1.165) is 0 Å². The highest BCUT2D eigenvalue weighted by molar-refractivity contribution is 5.90. The lowest BCUT2D eigenvalue weighted by atomic mass is 10.2. The Balaban J connectivity index is 1.66. The van der Waals surface area contributed by atoms with Crippen molar-refractivity contribution in [2.24, 2.45) is 5.92 Å². The molecule has 0 amide bonds. The molecule has 1 atom stereocenters. The van der Waals surface area contributed by atoms with Gasteiger partial charge in [0.1, 0.15) is 5.75 Å². The second-order valence-corrected chi connectivity index (χ2v) is 7.03. The van der Waals surface area contributed by atoms with Crippen molar-refractivity contribution in [1.29, 1.82) is 0 Å². The quantitative estimate of drug-likeness (QED) is 0.300. The Labute approximate surface area is 172 Å².